The topological polar surface area (TPSA) is 55.4 Å². The van der Waals surface area contributed by atoms with Gasteiger partial charge in [0.05, 0.1) is 17.9 Å². The smallest absolute Gasteiger partial charge is 0.336 e. The summed E-state index contributed by atoms with van der Waals surface area (Å²) >= 11 is 0. The Hall–Kier alpha value is -3.14. The van der Waals surface area contributed by atoms with Gasteiger partial charge < -0.3 is 10.1 Å². The summed E-state index contributed by atoms with van der Waals surface area (Å²) < 4.78 is 5.29. The van der Waals surface area contributed by atoms with Crippen molar-refractivity contribution in [3.63, 3.8) is 0 Å². The van der Waals surface area contributed by atoms with Crippen LogP contribution in [-0.4, -0.2) is 18.4 Å². The SMILES string of the molecule is CCOC(=O)C1=C(C)NC2=C(C(=O)c3ccccc32)[C@@H]1c1ccccc1. The first-order valence-corrected chi connectivity index (χ1v) is 8.71. The van der Waals surface area contributed by atoms with E-state index in [-0.39, 0.29) is 18.4 Å². The lowest BCUT2D eigenvalue weighted by molar-refractivity contribution is -0.138. The number of hydrogen-bond donors (Lipinski definition) is 1. The number of dihydropyridines is 1. The van der Waals surface area contributed by atoms with Crippen molar-refractivity contribution in [3.05, 3.63) is 88.1 Å². The lowest BCUT2D eigenvalue weighted by Gasteiger charge is -2.29. The molecule has 0 spiro atoms. The molecule has 2 aromatic rings. The van der Waals surface area contributed by atoms with E-state index >= 15 is 0 Å². The molecule has 1 heterocycles. The predicted molar refractivity (Wildman–Crippen MR) is 99.3 cm³/mol. The van der Waals surface area contributed by atoms with Crippen molar-refractivity contribution >= 4 is 17.4 Å². The number of allylic oxidation sites excluding steroid dienone is 2. The molecule has 0 amide bonds. The van der Waals surface area contributed by atoms with E-state index in [2.05, 4.69) is 5.32 Å². The standard InChI is InChI=1S/C22H19NO3/c1-3-26-22(25)17-13(2)23-20-15-11-7-8-12-16(15)21(24)19(20)18(17)14-9-5-4-6-10-14/h4-12,18,23H,3H2,1-2H3/t18-/m1/s1. The molecular weight excluding hydrogens is 326 g/mol. The Bertz CT molecular complexity index is 970. The Balaban J connectivity index is 1.93. The molecular formula is C22H19NO3. The summed E-state index contributed by atoms with van der Waals surface area (Å²) in [6.07, 6.45) is 0. The van der Waals surface area contributed by atoms with E-state index < -0.39 is 5.92 Å². The van der Waals surface area contributed by atoms with E-state index in [0.29, 0.717) is 16.7 Å². The molecule has 0 saturated heterocycles. The highest BCUT2D eigenvalue weighted by molar-refractivity contribution is 6.23. The second-order valence-corrected chi connectivity index (χ2v) is 6.39. The highest BCUT2D eigenvalue weighted by Gasteiger charge is 2.42. The molecule has 0 saturated carbocycles. The molecule has 0 radical (unpaired) electrons. The van der Waals surface area contributed by atoms with Gasteiger partial charge in [-0.05, 0) is 19.4 Å². The van der Waals surface area contributed by atoms with Crippen molar-refractivity contribution in [1.82, 2.24) is 5.32 Å². The van der Waals surface area contributed by atoms with Gasteiger partial charge >= 0.3 is 5.97 Å². The fourth-order valence-electron chi connectivity index (χ4n) is 3.79. The van der Waals surface area contributed by atoms with Crippen LogP contribution in [0.1, 0.15) is 41.3 Å². The first-order chi connectivity index (χ1) is 12.6. The van der Waals surface area contributed by atoms with Gasteiger partial charge in [0.15, 0.2) is 5.78 Å². The highest BCUT2D eigenvalue weighted by Crippen LogP contribution is 2.46. The maximum atomic E-state index is 13.2. The number of benzene rings is 2. The zero-order chi connectivity index (χ0) is 18.3. The second kappa shape index (κ2) is 6.30. The van der Waals surface area contributed by atoms with E-state index in [4.69, 9.17) is 4.74 Å². The van der Waals surface area contributed by atoms with Crippen LogP contribution in [0.25, 0.3) is 5.70 Å². The first-order valence-electron chi connectivity index (χ1n) is 8.71. The molecule has 2 aromatic carbocycles. The Morgan fingerprint density at radius 2 is 1.69 bits per heavy atom. The van der Waals surface area contributed by atoms with Crippen LogP contribution in [0.4, 0.5) is 0 Å². The van der Waals surface area contributed by atoms with Crippen LogP contribution in [-0.2, 0) is 9.53 Å². The van der Waals surface area contributed by atoms with Crippen LogP contribution in [0.2, 0.25) is 0 Å². The van der Waals surface area contributed by atoms with Crippen LogP contribution < -0.4 is 5.32 Å². The molecule has 130 valence electrons. The Labute approximate surface area is 152 Å². The Kier molecular flexibility index (Phi) is 3.96. The van der Waals surface area contributed by atoms with Crippen LogP contribution in [0.3, 0.4) is 0 Å². The Morgan fingerprint density at radius 3 is 2.38 bits per heavy atom. The third kappa shape index (κ3) is 2.37. The van der Waals surface area contributed by atoms with Crippen LogP contribution in [0, 0.1) is 0 Å². The number of ether oxygens (including phenoxy) is 1. The minimum Gasteiger partial charge on any atom is -0.463 e. The number of carbonyl (C=O) groups excluding carboxylic acids is 2. The normalized spacial score (nSPS) is 18.4. The van der Waals surface area contributed by atoms with E-state index in [1.807, 2.05) is 61.5 Å². The molecule has 4 heteroatoms. The van der Waals surface area contributed by atoms with Gasteiger partial charge in [0, 0.05) is 28.3 Å². The second-order valence-electron chi connectivity index (χ2n) is 6.39. The molecule has 1 aliphatic carbocycles. The van der Waals surface area contributed by atoms with Gasteiger partial charge in [-0.3, -0.25) is 4.79 Å². The average Bonchev–Trinajstić information content (AvgIpc) is 2.94. The number of esters is 1. The maximum Gasteiger partial charge on any atom is 0.336 e. The molecule has 0 unspecified atom stereocenters. The molecule has 26 heavy (non-hydrogen) atoms. The summed E-state index contributed by atoms with van der Waals surface area (Å²) in [5.41, 5.74) is 5.10. The van der Waals surface area contributed by atoms with Crippen LogP contribution >= 0.6 is 0 Å². The lowest BCUT2D eigenvalue weighted by atomic mass is 9.80. The van der Waals surface area contributed by atoms with Gasteiger partial charge in [0.1, 0.15) is 0 Å². The van der Waals surface area contributed by atoms with Crippen LogP contribution in [0.15, 0.2) is 71.4 Å². The van der Waals surface area contributed by atoms with Gasteiger partial charge in [-0.15, -0.1) is 0 Å². The van der Waals surface area contributed by atoms with Gasteiger partial charge in [-0.2, -0.15) is 0 Å². The summed E-state index contributed by atoms with van der Waals surface area (Å²) in [6.45, 7) is 3.93. The van der Waals surface area contributed by atoms with E-state index in [9.17, 15) is 9.59 Å². The molecule has 4 nitrogen and oxygen atoms in total. The predicted octanol–water partition coefficient (Wildman–Crippen LogP) is 3.82. The molecule has 1 atom stereocenters. The molecule has 4 rings (SSSR count). The molecule has 2 aliphatic rings. The molecule has 0 aromatic heterocycles. The fraction of sp³-hybridized carbons (Fsp3) is 0.182. The van der Waals surface area contributed by atoms with Gasteiger partial charge in [0.25, 0.3) is 0 Å². The summed E-state index contributed by atoms with van der Waals surface area (Å²) in [4.78, 5) is 25.9. The van der Waals surface area contributed by atoms with Crippen molar-refractivity contribution in [1.29, 1.82) is 0 Å². The zero-order valence-corrected chi connectivity index (χ0v) is 14.7. The number of carbonyl (C=O) groups is 2. The average molecular weight is 345 g/mol. The van der Waals surface area contributed by atoms with Gasteiger partial charge in [-0.1, -0.05) is 54.6 Å². The first kappa shape index (κ1) is 16.3. The third-order valence-electron chi connectivity index (χ3n) is 4.88. The van der Waals surface area contributed by atoms with Crippen molar-refractivity contribution in [2.45, 2.75) is 19.8 Å². The number of hydrogen-bond acceptors (Lipinski definition) is 4. The number of Topliss-reactive ketones (excluding diaryl/α,β-unsaturated/α-hetero) is 1. The summed E-state index contributed by atoms with van der Waals surface area (Å²) in [5, 5.41) is 3.29. The van der Waals surface area contributed by atoms with Crippen molar-refractivity contribution in [3.8, 4) is 0 Å². The monoisotopic (exact) mass is 345 g/mol. The Morgan fingerprint density at radius 1 is 1.04 bits per heavy atom. The number of ketones is 1. The molecule has 0 fully saturated rings. The number of fused-ring (bicyclic) bond motifs is 2. The number of rotatable bonds is 3. The van der Waals surface area contributed by atoms with E-state index in [1.54, 1.807) is 6.92 Å². The fourth-order valence-corrected chi connectivity index (χ4v) is 3.79. The zero-order valence-electron chi connectivity index (χ0n) is 14.7. The van der Waals surface area contributed by atoms with Gasteiger partial charge in [0.2, 0.25) is 0 Å². The largest absolute Gasteiger partial charge is 0.463 e. The van der Waals surface area contributed by atoms with Crippen molar-refractivity contribution < 1.29 is 14.3 Å². The molecule has 0 bridgehead atoms. The minimum atomic E-state index is -0.439. The molecule has 1 N–H and O–H groups in total. The summed E-state index contributed by atoms with van der Waals surface area (Å²) in [5.74, 6) is -0.862. The van der Waals surface area contributed by atoms with Crippen molar-refractivity contribution in [2.24, 2.45) is 0 Å². The van der Waals surface area contributed by atoms with Gasteiger partial charge in [-0.25, -0.2) is 4.79 Å². The lowest BCUT2D eigenvalue weighted by Crippen LogP contribution is -2.29. The van der Waals surface area contributed by atoms with Crippen LogP contribution in [0.5, 0.6) is 0 Å². The highest BCUT2D eigenvalue weighted by atomic mass is 16.5. The molecule has 1 aliphatic heterocycles. The summed E-state index contributed by atoms with van der Waals surface area (Å²) in [7, 11) is 0. The minimum absolute atomic E-state index is 0.0359. The maximum absolute atomic E-state index is 13.2. The van der Waals surface area contributed by atoms with E-state index in [0.717, 1.165) is 22.5 Å². The van der Waals surface area contributed by atoms with E-state index in [1.165, 1.54) is 0 Å². The van der Waals surface area contributed by atoms with Crippen molar-refractivity contribution in [2.75, 3.05) is 6.61 Å². The number of nitrogens with one attached hydrogen (secondary N) is 1. The quantitative estimate of drug-likeness (QED) is 0.859. The summed E-state index contributed by atoms with van der Waals surface area (Å²) in [6, 6.07) is 17.2. The third-order valence-corrected chi connectivity index (χ3v) is 4.88.